The third kappa shape index (κ3) is 3.87. The van der Waals surface area contributed by atoms with Crippen LogP contribution in [0.4, 0.5) is 0 Å². The summed E-state index contributed by atoms with van der Waals surface area (Å²) in [4.78, 5) is 11.6. The van der Waals surface area contributed by atoms with Crippen LogP contribution in [0.1, 0.15) is 26.7 Å². The Labute approximate surface area is 79.8 Å². The molecule has 1 N–H and O–H groups in total. The number of Topliss-reactive ketones (excluding diaryl/α,β-unsaturated/α-hetero) is 1. The minimum atomic E-state index is 0.236. The Morgan fingerprint density at radius 3 is 2.62 bits per heavy atom. The number of hydrogen-bond donors (Lipinski definition) is 1. The first-order valence-electron chi connectivity index (χ1n) is 5.04. The van der Waals surface area contributed by atoms with E-state index in [9.17, 15) is 4.79 Å². The lowest BCUT2D eigenvalue weighted by Crippen LogP contribution is -2.34. The van der Waals surface area contributed by atoms with Gasteiger partial charge in [-0.1, -0.05) is 13.8 Å². The van der Waals surface area contributed by atoms with Crippen LogP contribution < -0.4 is 5.32 Å². The van der Waals surface area contributed by atoms with E-state index in [4.69, 9.17) is 4.74 Å². The van der Waals surface area contributed by atoms with Crippen molar-refractivity contribution in [2.24, 2.45) is 5.92 Å². The van der Waals surface area contributed by atoms with Crippen molar-refractivity contribution in [2.45, 2.75) is 32.7 Å². The number of hydrogen-bond acceptors (Lipinski definition) is 3. The van der Waals surface area contributed by atoms with Crippen molar-refractivity contribution >= 4 is 5.78 Å². The van der Waals surface area contributed by atoms with Gasteiger partial charge in [0.15, 0.2) is 0 Å². The highest BCUT2D eigenvalue weighted by Crippen LogP contribution is 2.15. The van der Waals surface area contributed by atoms with E-state index in [1.54, 1.807) is 0 Å². The van der Waals surface area contributed by atoms with Crippen LogP contribution in [-0.4, -0.2) is 31.6 Å². The van der Waals surface area contributed by atoms with Crippen LogP contribution in [0.15, 0.2) is 0 Å². The summed E-state index contributed by atoms with van der Waals surface area (Å²) in [7, 11) is 0. The Bertz CT molecular complexity index is 162. The summed E-state index contributed by atoms with van der Waals surface area (Å²) in [6, 6.07) is 0.392. The van der Waals surface area contributed by atoms with Crippen LogP contribution in [0.25, 0.3) is 0 Å². The molecule has 0 spiro atoms. The molecule has 0 atom stereocenters. The van der Waals surface area contributed by atoms with Gasteiger partial charge in [-0.25, -0.2) is 0 Å². The molecular weight excluding hydrogens is 166 g/mol. The highest BCUT2D eigenvalue weighted by Gasteiger charge is 2.20. The molecule has 1 rings (SSSR count). The van der Waals surface area contributed by atoms with Gasteiger partial charge in [-0.05, 0) is 12.8 Å². The molecule has 0 saturated carbocycles. The lowest BCUT2D eigenvalue weighted by molar-refractivity contribution is -0.124. The number of ketones is 1. The SMILES string of the molecule is CC(C)NCC(=O)C1CCOCC1. The number of rotatable bonds is 4. The van der Waals surface area contributed by atoms with Gasteiger partial charge in [-0.3, -0.25) is 4.79 Å². The first-order valence-corrected chi connectivity index (χ1v) is 5.04. The summed E-state index contributed by atoms with van der Waals surface area (Å²) in [5.41, 5.74) is 0. The molecule has 76 valence electrons. The van der Waals surface area contributed by atoms with E-state index in [0.717, 1.165) is 26.1 Å². The molecule has 0 aromatic carbocycles. The first kappa shape index (κ1) is 10.7. The molecule has 0 unspecified atom stereocenters. The second-order valence-electron chi connectivity index (χ2n) is 3.89. The summed E-state index contributed by atoms with van der Waals surface area (Å²) in [5, 5.41) is 3.15. The van der Waals surface area contributed by atoms with Gasteiger partial charge in [-0.15, -0.1) is 0 Å². The number of ether oxygens (including phenoxy) is 1. The van der Waals surface area contributed by atoms with Crippen molar-refractivity contribution in [3.63, 3.8) is 0 Å². The first-order chi connectivity index (χ1) is 6.20. The van der Waals surface area contributed by atoms with Crippen LogP contribution in [0.2, 0.25) is 0 Å². The second kappa shape index (κ2) is 5.35. The molecule has 0 amide bonds. The van der Waals surface area contributed by atoms with Crippen LogP contribution >= 0.6 is 0 Å². The quantitative estimate of drug-likeness (QED) is 0.709. The average Bonchev–Trinajstić information content (AvgIpc) is 2.15. The average molecular weight is 185 g/mol. The molecule has 0 aromatic rings. The zero-order valence-corrected chi connectivity index (χ0v) is 8.51. The zero-order valence-electron chi connectivity index (χ0n) is 8.51. The molecule has 1 heterocycles. The minimum absolute atomic E-state index is 0.236. The van der Waals surface area contributed by atoms with Crippen LogP contribution in [-0.2, 0) is 9.53 Å². The summed E-state index contributed by atoms with van der Waals surface area (Å²) >= 11 is 0. The lowest BCUT2D eigenvalue weighted by atomic mass is 9.95. The summed E-state index contributed by atoms with van der Waals surface area (Å²) in [6.45, 7) is 6.12. The molecule has 0 aliphatic carbocycles. The number of carbonyl (C=O) groups excluding carboxylic acids is 1. The second-order valence-corrected chi connectivity index (χ2v) is 3.89. The van der Waals surface area contributed by atoms with Gasteiger partial charge < -0.3 is 10.1 Å². The van der Waals surface area contributed by atoms with Gasteiger partial charge in [0, 0.05) is 25.2 Å². The monoisotopic (exact) mass is 185 g/mol. The van der Waals surface area contributed by atoms with Crippen molar-refractivity contribution in [3.05, 3.63) is 0 Å². The number of carbonyl (C=O) groups is 1. The van der Waals surface area contributed by atoms with Crippen LogP contribution in [0.5, 0.6) is 0 Å². The lowest BCUT2D eigenvalue weighted by Gasteiger charge is -2.21. The van der Waals surface area contributed by atoms with E-state index in [1.165, 1.54) is 0 Å². The van der Waals surface area contributed by atoms with E-state index < -0.39 is 0 Å². The van der Waals surface area contributed by atoms with Gasteiger partial charge in [-0.2, -0.15) is 0 Å². The van der Waals surface area contributed by atoms with Crippen molar-refractivity contribution < 1.29 is 9.53 Å². The van der Waals surface area contributed by atoms with Crippen molar-refractivity contribution in [1.82, 2.24) is 5.32 Å². The third-order valence-corrected chi connectivity index (χ3v) is 2.36. The molecule has 1 aliphatic heterocycles. The van der Waals surface area contributed by atoms with E-state index >= 15 is 0 Å². The Hall–Kier alpha value is -0.410. The molecule has 0 radical (unpaired) electrons. The minimum Gasteiger partial charge on any atom is -0.381 e. The Morgan fingerprint density at radius 1 is 1.46 bits per heavy atom. The molecule has 1 saturated heterocycles. The molecule has 1 aliphatic rings. The molecule has 1 fully saturated rings. The molecule has 0 bridgehead atoms. The van der Waals surface area contributed by atoms with Gasteiger partial charge in [0.2, 0.25) is 0 Å². The van der Waals surface area contributed by atoms with Crippen molar-refractivity contribution in [2.75, 3.05) is 19.8 Å². The van der Waals surface area contributed by atoms with E-state index in [0.29, 0.717) is 18.4 Å². The fourth-order valence-corrected chi connectivity index (χ4v) is 1.47. The maximum Gasteiger partial charge on any atom is 0.149 e. The Morgan fingerprint density at radius 2 is 2.08 bits per heavy atom. The summed E-state index contributed by atoms with van der Waals surface area (Å²) < 4.78 is 5.20. The molecule has 3 heteroatoms. The van der Waals surface area contributed by atoms with Crippen LogP contribution in [0, 0.1) is 5.92 Å². The highest BCUT2D eigenvalue weighted by atomic mass is 16.5. The maximum atomic E-state index is 11.6. The van der Waals surface area contributed by atoms with Gasteiger partial charge in [0.05, 0.1) is 6.54 Å². The van der Waals surface area contributed by atoms with Crippen molar-refractivity contribution in [1.29, 1.82) is 0 Å². The van der Waals surface area contributed by atoms with Crippen molar-refractivity contribution in [3.8, 4) is 0 Å². The molecule has 13 heavy (non-hydrogen) atoms. The predicted octanol–water partition coefficient (Wildman–Crippen LogP) is 0.980. The molecule has 0 aromatic heterocycles. The number of nitrogens with one attached hydrogen (secondary N) is 1. The summed E-state index contributed by atoms with van der Waals surface area (Å²) in [6.07, 6.45) is 1.80. The highest BCUT2D eigenvalue weighted by molar-refractivity contribution is 5.83. The predicted molar refractivity (Wildman–Crippen MR) is 51.7 cm³/mol. The normalized spacial score (nSPS) is 19.3. The standard InChI is InChI=1S/C10H19NO2/c1-8(2)11-7-10(12)9-3-5-13-6-4-9/h8-9,11H,3-7H2,1-2H3. The van der Waals surface area contributed by atoms with E-state index in [1.807, 2.05) is 0 Å². The molecule has 3 nitrogen and oxygen atoms in total. The summed E-state index contributed by atoms with van der Waals surface area (Å²) in [5.74, 6) is 0.581. The third-order valence-electron chi connectivity index (χ3n) is 2.36. The smallest absolute Gasteiger partial charge is 0.149 e. The van der Waals surface area contributed by atoms with E-state index in [-0.39, 0.29) is 5.92 Å². The van der Waals surface area contributed by atoms with E-state index in [2.05, 4.69) is 19.2 Å². The van der Waals surface area contributed by atoms with Gasteiger partial charge in [0.25, 0.3) is 0 Å². The topological polar surface area (TPSA) is 38.3 Å². The zero-order chi connectivity index (χ0) is 9.68. The maximum absolute atomic E-state index is 11.6. The van der Waals surface area contributed by atoms with Gasteiger partial charge >= 0.3 is 0 Å². The fourth-order valence-electron chi connectivity index (χ4n) is 1.47. The largest absolute Gasteiger partial charge is 0.381 e. The Kier molecular flexibility index (Phi) is 4.39. The molecular formula is C10H19NO2. The van der Waals surface area contributed by atoms with Crippen LogP contribution in [0.3, 0.4) is 0 Å². The fraction of sp³-hybridized carbons (Fsp3) is 0.900. The Balaban J connectivity index is 2.21. The van der Waals surface area contributed by atoms with Gasteiger partial charge in [0.1, 0.15) is 5.78 Å².